The minimum absolute atomic E-state index is 0.0173. The van der Waals surface area contributed by atoms with Gasteiger partial charge < -0.3 is 15.1 Å². The summed E-state index contributed by atoms with van der Waals surface area (Å²) in [5, 5.41) is 19.2. The monoisotopic (exact) mass is 255 g/mol. The van der Waals surface area contributed by atoms with Gasteiger partial charge in [0.15, 0.2) is 11.5 Å². The van der Waals surface area contributed by atoms with E-state index in [1.165, 1.54) is 0 Å². The topological polar surface area (TPSA) is 43.7 Å². The van der Waals surface area contributed by atoms with E-state index in [1.807, 2.05) is 6.07 Å². The van der Waals surface area contributed by atoms with Crippen LogP contribution >= 0.6 is 11.6 Å². The van der Waals surface area contributed by atoms with E-state index in [1.54, 1.807) is 6.07 Å². The van der Waals surface area contributed by atoms with Gasteiger partial charge in [0.2, 0.25) is 0 Å². The summed E-state index contributed by atoms with van der Waals surface area (Å²) in [5.41, 5.74) is 2.04. The highest BCUT2D eigenvalue weighted by atomic mass is 35.5. The van der Waals surface area contributed by atoms with Gasteiger partial charge >= 0.3 is 0 Å². The molecule has 1 aromatic rings. The Bertz CT molecular complexity index is 409. The van der Waals surface area contributed by atoms with Crippen molar-refractivity contribution < 1.29 is 10.2 Å². The molecule has 1 aliphatic rings. The number of fused-ring (bicyclic) bond motifs is 1. The fourth-order valence-corrected chi connectivity index (χ4v) is 2.76. The molecule has 0 aliphatic heterocycles. The zero-order valence-corrected chi connectivity index (χ0v) is 10.7. The molecule has 0 fully saturated rings. The van der Waals surface area contributed by atoms with Crippen molar-refractivity contribution in [3.8, 4) is 11.5 Å². The van der Waals surface area contributed by atoms with Crippen molar-refractivity contribution in [2.75, 3.05) is 19.5 Å². The highest BCUT2D eigenvalue weighted by Gasteiger charge is 2.24. The maximum absolute atomic E-state index is 9.79. The highest BCUT2D eigenvalue weighted by molar-refractivity contribution is 6.18. The quantitative estimate of drug-likeness (QED) is 0.642. The zero-order valence-electron chi connectivity index (χ0n) is 9.99. The molecule has 1 atom stereocenters. The Morgan fingerprint density at radius 1 is 1.41 bits per heavy atom. The molecule has 0 unspecified atom stereocenters. The van der Waals surface area contributed by atoms with Crippen molar-refractivity contribution in [1.29, 1.82) is 0 Å². The first-order valence-electron chi connectivity index (χ1n) is 5.92. The summed E-state index contributed by atoms with van der Waals surface area (Å²) in [7, 11) is 2.08. The third kappa shape index (κ3) is 2.50. The summed E-state index contributed by atoms with van der Waals surface area (Å²) in [6.07, 6.45) is 2.72. The van der Waals surface area contributed by atoms with E-state index in [0.717, 1.165) is 36.9 Å². The molecule has 4 heteroatoms. The smallest absolute Gasteiger partial charge is 0.160 e. The van der Waals surface area contributed by atoms with Crippen molar-refractivity contribution in [3.63, 3.8) is 0 Å². The second kappa shape index (κ2) is 5.15. The van der Waals surface area contributed by atoms with Gasteiger partial charge in [-0.15, -0.1) is 11.6 Å². The second-order valence-electron chi connectivity index (χ2n) is 4.64. The number of hydrogen-bond donors (Lipinski definition) is 2. The van der Waals surface area contributed by atoms with Crippen LogP contribution in [0.1, 0.15) is 17.5 Å². The van der Waals surface area contributed by atoms with E-state index in [4.69, 9.17) is 11.6 Å². The Kier molecular flexibility index (Phi) is 3.79. The van der Waals surface area contributed by atoms with Gasteiger partial charge in [-0.05, 0) is 37.9 Å². The number of benzene rings is 1. The second-order valence-corrected chi connectivity index (χ2v) is 5.02. The number of rotatable bonds is 3. The number of hydrogen-bond acceptors (Lipinski definition) is 3. The van der Waals surface area contributed by atoms with Crippen molar-refractivity contribution in [2.24, 2.45) is 0 Å². The Morgan fingerprint density at radius 2 is 2.18 bits per heavy atom. The largest absolute Gasteiger partial charge is 0.504 e. The molecule has 1 aromatic carbocycles. The molecule has 0 saturated heterocycles. The standard InChI is InChI=1S/C13H18ClNO2/c1-15(7-6-14)10-3-4-11-9(8-10)2-5-12(16)13(11)17/h2,5,10,16-17H,3-4,6-8H2,1H3/t10-/m0/s1. The third-order valence-corrected chi connectivity index (χ3v) is 3.77. The van der Waals surface area contributed by atoms with Crippen molar-refractivity contribution in [2.45, 2.75) is 25.3 Å². The predicted octanol–water partition coefficient (Wildman–Crippen LogP) is 2.13. The molecule has 94 valence electrons. The van der Waals surface area contributed by atoms with Crippen LogP contribution in [0.2, 0.25) is 0 Å². The minimum Gasteiger partial charge on any atom is -0.504 e. The number of halogens is 1. The molecule has 17 heavy (non-hydrogen) atoms. The van der Waals surface area contributed by atoms with E-state index in [2.05, 4.69) is 11.9 Å². The maximum atomic E-state index is 9.79. The number of nitrogens with zero attached hydrogens (tertiary/aromatic N) is 1. The van der Waals surface area contributed by atoms with Crippen LogP contribution in [0.25, 0.3) is 0 Å². The number of phenols is 2. The lowest BCUT2D eigenvalue weighted by atomic mass is 9.87. The summed E-state index contributed by atoms with van der Waals surface area (Å²) >= 11 is 5.75. The van der Waals surface area contributed by atoms with Crippen LogP contribution in [0, 0.1) is 0 Å². The predicted molar refractivity (Wildman–Crippen MR) is 68.9 cm³/mol. The van der Waals surface area contributed by atoms with E-state index in [-0.39, 0.29) is 11.5 Å². The van der Waals surface area contributed by atoms with Crippen LogP contribution in [0.4, 0.5) is 0 Å². The van der Waals surface area contributed by atoms with Gasteiger partial charge in [0, 0.05) is 24.0 Å². The molecule has 0 aromatic heterocycles. The molecule has 0 heterocycles. The first-order chi connectivity index (χ1) is 8.13. The Labute approximate surface area is 107 Å². The molecule has 0 radical (unpaired) electrons. The van der Waals surface area contributed by atoms with Crippen molar-refractivity contribution in [3.05, 3.63) is 23.3 Å². The van der Waals surface area contributed by atoms with Crippen LogP contribution in [0.15, 0.2) is 12.1 Å². The normalized spacial score (nSPS) is 19.4. The number of alkyl halides is 1. The SMILES string of the molecule is CN(CCCl)[C@H]1CCc2c(ccc(O)c2O)C1. The fourth-order valence-electron chi connectivity index (χ4n) is 2.49. The van der Waals surface area contributed by atoms with E-state index >= 15 is 0 Å². The lowest BCUT2D eigenvalue weighted by Crippen LogP contribution is -2.37. The first kappa shape index (κ1) is 12.5. The van der Waals surface area contributed by atoms with Gasteiger partial charge in [-0.3, -0.25) is 0 Å². The van der Waals surface area contributed by atoms with Crippen LogP contribution in [-0.2, 0) is 12.8 Å². The van der Waals surface area contributed by atoms with E-state index in [0.29, 0.717) is 11.9 Å². The molecule has 2 rings (SSSR count). The molecule has 3 nitrogen and oxygen atoms in total. The van der Waals surface area contributed by atoms with E-state index < -0.39 is 0 Å². The number of aromatic hydroxyl groups is 2. The average molecular weight is 256 g/mol. The number of phenolic OH excluding ortho intramolecular Hbond substituents is 2. The van der Waals surface area contributed by atoms with E-state index in [9.17, 15) is 10.2 Å². The summed E-state index contributed by atoms with van der Waals surface area (Å²) in [6.45, 7) is 0.881. The molecule has 0 amide bonds. The van der Waals surface area contributed by atoms with Crippen LogP contribution < -0.4 is 0 Å². The number of likely N-dealkylation sites (N-methyl/N-ethyl adjacent to an activating group) is 1. The molecule has 1 aliphatic carbocycles. The highest BCUT2D eigenvalue weighted by Crippen LogP contribution is 2.36. The molecule has 0 saturated carbocycles. The van der Waals surface area contributed by atoms with Gasteiger partial charge in [-0.25, -0.2) is 0 Å². The van der Waals surface area contributed by atoms with Crippen LogP contribution in [-0.4, -0.2) is 40.6 Å². The minimum atomic E-state index is -0.0173. The first-order valence-corrected chi connectivity index (χ1v) is 6.45. The zero-order chi connectivity index (χ0) is 12.4. The molecular weight excluding hydrogens is 238 g/mol. The summed E-state index contributed by atoms with van der Waals surface area (Å²) < 4.78 is 0. The van der Waals surface area contributed by atoms with Crippen LogP contribution in [0.3, 0.4) is 0 Å². The lowest BCUT2D eigenvalue weighted by molar-refractivity contribution is 0.232. The maximum Gasteiger partial charge on any atom is 0.160 e. The fraction of sp³-hybridized carbons (Fsp3) is 0.538. The van der Waals surface area contributed by atoms with Crippen LogP contribution in [0.5, 0.6) is 11.5 Å². The molecule has 0 spiro atoms. The van der Waals surface area contributed by atoms with Crippen molar-refractivity contribution >= 4 is 11.6 Å². The Balaban J connectivity index is 2.17. The van der Waals surface area contributed by atoms with Gasteiger partial charge in [-0.2, -0.15) is 0 Å². The average Bonchev–Trinajstić information content (AvgIpc) is 2.34. The van der Waals surface area contributed by atoms with Gasteiger partial charge in [0.05, 0.1) is 0 Å². The third-order valence-electron chi connectivity index (χ3n) is 3.60. The summed E-state index contributed by atoms with van der Waals surface area (Å²) in [6, 6.07) is 3.95. The van der Waals surface area contributed by atoms with Gasteiger partial charge in [0.25, 0.3) is 0 Å². The lowest BCUT2D eigenvalue weighted by Gasteiger charge is -2.32. The molecule has 0 bridgehead atoms. The molecule has 2 N–H and O–H groups in total. The molecular formula is C13H18ClNO2. The summed E-state index contributed by atoms with van der Waals surface area (Å²) in [5.74, 6) is 0.679. The summed E-state index contributed by atoms with van der Waals surface area (Å²) in [4.78, 5) is 2.26. The van der Waals surface area contributed by atoms with Gasteiger partial charge in [-0.1, -0.05) is 6.07 Å². The Morgan fingerprint density at radius 3 is 2.88 bits per heavy atom. The Hall–Kier alpha value is -0.930. The van der Waals surface area contributed by atoms with Crippen molar-refractivity contribution in [1.82, 2.24) is 4.90 Å². The van der Waals surface area contributed by atoms with Gasteiger partial charge in [0.1, 0.15) is 0 Å².